The van der Waals surface area contributed by atoms with Crippen molar-refractivity contribution in [1.29, 1.82) is 0 Å². The smallest absolute Gasteiger partial charge is 0.0647 e. The molecule has 1 heterocycles. The molecular weight excluding hydrogens is 182 g/mol. The molecule has 70 valence electrons. The molecule has 1 N–H and O–H groups in total. The van der Waals surface area contributed by atoms with E-state index in [-0.39, 0.29) is 0 Å². The SMILES string of the molecule is CC.Cc1c[nH]c2c(Cl)cccc12. The monoisotopic (exact) mass is 195 g/mol. The van der Waals surface area contributed by atoms with Gasteiger partial charge in [0.15, 0.2) is 0 Å². The van der Waals surface area contributed by atoms with Crippen molar-refractivity contribution in [3.8, 4) is 0 Å². The average molecular weight is 196 g/mol. The van der Waals surface area contributed by atoms with E-state index in [1.54, 1.807) is 0 Å². The van der Waals surface area contributed by atoms with Crippen LogP contribution in [0.3, 0.4) is 0 Å². The molecule has 0 atom stereocenters. The van der Waals surface area contributed by atoms with E-state index in [0.29, 0.717) is 0 Å². The summed E-state index contributed by atoms with van der Waals surface area (Å²) in [6.07, 6.45) is 1.97. The maximum atomic E-state index is 5.94. The lowest BCUT2D eigenvalue weighted by Gasteiger charge is -1.92. The minimum absolute atomic E-state index is 0.788. The summed E-state index contributed by atoms with van der Waals surface area (Å²) in [5.74, 6) is 0. The molecule has 0 saturated heterocycles. The molecule has 0 amide bonds. The molecule has 2 aromatic rings. The van der Waals surface area contributed by atoms with E-state index in [2.05, 4.69) is 18.0 Å². The van der Waals surface area contributed by atoms with Crippen LogP contribution < -0.4 is 0 Å². The summed E-state index contributed by atoms with van der Waals surface area (Å²) < 4.78 is 0. The molecular formula is C11H14ClN. The van der Waals surface area contributed by atoms with Crippen molar-refractivity contribution >= 4 is 22.5 Å². The third kappa shape index (κ3) is 1.86. The topological polar surface area (TPSA) is 15.8 Å². The Morgan fingerprint density at radius 2 is 1.92 bits per heavy atom. The van der Waals surface area contributed by atoms with Gasteiger partial charge < -0.3 is 4.98 Å². The summed E-state index contributed by atoms with van der Waals surface area (Å²) in [6, 6.07) is 5.92. The molecule has 0 fully saturated rings. The number of aromatic nitrogens is 1. The number of aryl methyl sites for hydroxylation is 1. The minimum Gasteiger partial charge on any atom is -0.360 e. The first-order chi connectivity index (χ1) is 6.29. The summed E-state index contributed by atoms with van der Waals surface area (Å²) >= 11 is 5.94. The quantitative estimate of drug-likeness (QED) is 0.650. The van der Waals surface area contributed by atoms with Crippen molar-refractivity contribution in [2.24, 2.45) is 0 Å². The standard InChI is InChI=1S/C9H8ClN.C2H6/c1-6-5-11-9-7(6)3-2-4-8(9)10;1-2/h2-5,11H,1H3;1-2H3. The summed E-state index contributed by atoms with van der Waals surface area (Å²) in [5.41, 5.74) is 2.27. The zero-order valence-corrected chi connectivity index (χ0v) is 8.94. The zero-order valence-electron chi connectivity index (χ0n) is 8.19. The fourth-order valence-electron chi connectivity index (χ4n) is 1.26. The van der Waals surface area contributed by atoms with Crippen LogP contribution >= 0.6 is 11.6 Å². The van der Waals surface area contributed by atoms with Crippen LogP contribution in [0.15, 0.2) is 24.4 Å². The van der Waals surface area contributed by atoms with Gasteiger partial charge in [-0.15, -0.1) is 0 Å². The van der Waals surface area contributed by atoms with Crippen LogP contribution in [0.2, 0.25) is 5.02 Å². The van der Waals surface area contributed by atoms with Crippen molar-refractivity contribution in [3.05, 3.63) is 35.0 Å². The predicted octanol–water partition coefficient (Wildman–Crippen LogP) is 4.16. The number of halogens is 1. The highest BCUT2D eigenvalue weighted by Crippen LogP contribution is 2.23. The van der Waals surface area contributed by atoms with Gasteiger partial charge >= 0.3 is 0 Å². The molecule has 2 heteroatoms. The van der Waals surface area contributed by atoms with Crippen LogP contribution in [-0.4, -0.2) is 4.98 Å². The van der Waals surface area contributed by atoms with E-state index in [4.69, 9.17) is 11.6 Å². The Kier molecular flexibility index (Phi) is 3.38. The van der Waals surface area contributed by atoms with Gasteiger partial charge in [0, 0.05) is 11.6 Å². The summed E-state index contributed by atoms with van der Waals surface area (Å²) in [6.45, 7) is 6.06. The number of rotatable bonds is 0. The second kappa shape index (κ2) is 4.33. The highest BCUT2D eigenvalue weighted by molar-refractivity contribution is 6.35. The Morgan fingerprint density at radius 1 is 1.23 bits per heavy atom. The normalized spacial score (nSPS) is 9.54. The number of benzene rings is 1. The molecule has 0 aliphatic carbocycles. The Hall–Kier alpha value is -0.950. The van der Waals surface area contributed by atoms with Gasteiger partial charge in [-0.1, -0.05) is 37.6 Å². The second-order valence-corrected chi connectivity index (χ2v) is 3.04. The van der Waals surface area contributed by atoms with Gasteiger partial charge in [0.2, 0.25) is 0 Å². The molecule has 0 saturated carbocycles. The lowest BCUT2D eigenvalue weighted by Crippen LogP contribution is -1.69. The van der Waals surface area contributed by atoms with Gasteiger partial charge in [-0.25, -0.2) is 0 Å². The van der Waals surface area contributed by atoms with E-state index in [0.717, 1.165) is 10.5 Å². The molecule has 0 bridgehead atoms. The number of fused-ring (bicyclic) bond motifs is 1. The lowest BCUT2D eigenvalue weighted by molar-refractivity contribution is 1.43. The number of para-hydroxylation sites is 1. The third-order valence-electron chi connectivity index (χ3n) is 1.87. The summed E-state index contributed by atoms with van der Waals surface area (Å²) in [5, 5.41) is 1.99. The van der Waals surface area contributed by atoms with Crippen molar-refractivity contribution < 1.29 is 0 Å². The van der Waals surface area contributed by atoms with E-state index in [1.807, 2.05) is 32.2 Å². The molecule has 0 unspecified atom stereocenters. The molecule has 0 spiro atoms. The van der Waals surface area contributed by atoms with Gasteiger partial charge in [-0.2, -0.15) is 0 Å². The van der Waals surface area contributed by atoms with Gasteiger partial charge in [-0.3, -0.25) is 0 Å². The fourth-order valence-corrected chi connectivity index (χ4v) is 1.49. The summed E-state index contributed by atoms with van der Waals surface area (Å²) in [7, 11) is 0. The first kappa shape index (κ1) is 10.1. The van der Waals surface area contributed by atoms with E-state index in [1.165, 1.54) is 10.9 Å². The van der Waals surface area contributed by atoms with Crippen LogP contribution in [-0.2, 0) is 0 Å². The van der Waals surface area contributed by atoms with Crippen LogP contribution in [0.5, 0.6) is 0 Å². The van der Waals surface area contributed by atoms with Crippen LogP contribution in [0, 0.1) is 6.92 Å². The Morgan fingerprint density at radius 3 is 2.54 bits per heavy atom. The highest BCUT2D eigenvalue weighted by Gasteiger charge is 2.00. The average Bonchev–Trinajstić information content (AvgIpc) is 2.53. The molecule has 2 rings (SSSR count). The molecule has 1 aromatic heterocycles. The first-order valence-electron chi connectivity index (χ1n) is 4.51. The van der Waals surface area contributed by atoms with Gasteiger partial charge in [0.1, 0.15) is 0 Å². The summed E-state index contributed by atoms with van der Waals surface area (Å²) in [4.78, 5) is 3.12. The maximum Gasteiger partial charge on any atom is 0.0647 e. The maximum absolute atomic E-state index is 5.94. The van der Waals surface area contributed by atoms with Crippen LogP contribution in [0.1, 0.15) is 19.4 Å². The second-order valence-electron chi connectivity index (χ2n) is 2.63. The van der Waals surface area contributed by atoms with Crippen molar-refractivity contribution in [1.82, 2.24) is 4.98 Å². The van der Waals surface area contributed by atoms with Crippen molar-refractivity contribution in [2.75, 3.05) is 0 Å². The number of hydrogen-bond donors (Lipinski definition) is 1. The van der Waals surface area contributed by atoms with E-state index < -0.39 is 0 Å². The molecule has 1 nitrogen and oxygen atoms in total. The Balaban J connectivity index is 0.000000396. The van der Waals surface area contributed by atoms with Crippen LogP contribution in [0.4, 0.5) is 0 Å². The zero-order chi connectivity index (χ0) is 9.84. The Bertz CT molecular complexity index is 390. The number of nitrogens with one attached hydrogen (secondary N) is 1. The van der Waals surface area contributed by atoms with Gasteiger partial charge in [0.25, 0.3) is 0 Å². The van der Waals surface area contributed by atoms with E-state index in [9.17, 15) is 0 Å². The Labute approximate surface area is 83.7 Å². The molecule has 13 heavy (non-hydrogen) atoms. The van der Waals surface area contributed by atoms with Crippen LogP contribution in [0.25, 0.3) is 10.9 Å². The number of H-pyrrole nitrogens is 1. The number of aromatic amines is 1. The van der Waals surface area contributed by atoms with Crippen molar-refractivity contribution in [2.45, 2.75) is 20.8 Å². The largest absolute Gasteiger partial charge is 0.360 e. The van der Waals surface area contributed by atoms with Gasteiger partial charge in [-0.05, 0) is 18.6 Å². The lowest BCUT2D eigenvalue weighted by atomic mass is 10.2. The molecule has 0 radical (unpaired) electrons. The highest BCUT2D eigenvalue weighted by atomic mass is 35.5. The molecule has 1 aromatic carbocycles. The van der Waals surface area contributed by atoms with Crippen molar-refractivity contribution in [3.63, 3.8) is 0 Å². The molecule has 0 aliphatic rings. The molecule has 0 aliphatic heterocycles. The minimum atomic E-state index is 0.788. The fraction of sp³-hybridized carbons (Fsp3) is 0.273. The first-order valence-corrected chi connectivity index (χ1v) is 4.89. The number of hydrogen-bond acceptors (Lipinski definition) is 0. The van der Waals surface area contributed by atoms with Gasteiger partial charge in [0.05, 0.1) is 10.5 Å². The third-order valence-corrected chi connectivity index (χ3v) is 2.19. The van der Waals surface area contributed by atoms with E-state index >= 15 is 0 Å². The predicted molar refractivity (Wildman–Crippen MR) is 59.4 cm³/mol.